The van der Waals surface area contributed by atoms with Gasteiger partial charge < -0.3 is 15.2 Å². The summed E-state index contributed by atoms with van der Waals surface area (Å²) in [6, 6.07) is 4.63. The number of sulfonamides is 1. The van der Waals surface area contributed by atoms with Crippen LogP contribution in [0, 0.1) is 5.92 Å². The Balaban J connectivity index is 2.31. The molecule has 2 unspecified atom stereocenters. The molecule has 23 heavy (non-hydrogen) atoms. The van der Waals surface area contributed by atoms with Crippen LogP contribution in [-0.4, -0.2) is 52.2 Å². The van der Waals surface area contributed by atoms with Gasteiger partial charge in [-0.3, -0.25) is 0 Å². The number of nitrogens with two attached hydrogens (primary N) is 1. The molecule has 1 saturated heterocycles. The molecular weight excluding hydrogens is 340 g/mol. The predicted octanol–water partition coefficient (Wildman–Crippen LogP) is 1.72. The molecule has 0 radical (unpaired) electrons. The summed E-state index contributed by atoms with van der Waals surface area (Å²) in [5.74, 6) is 0.482. The third-order valence-corrected chi connectivity index (χ3v) is 5.96. The largest absolute Gasteiger partial charge is 0.487 e. The Hall–Kier alpha value is -0.860. The summed E-state index contributed by atoms with van der Waals surface area (Å²) in [6.07, 6.45) is 0.498. The van der Waals surface area contributed by atoms with E-state index in [1.807, 2.05) is 6.92 Å². The summed E-state index contributed by atoms with van der Waals surface area (Å²) < 4.78 is 38.1. The zero-order chi connectivity index (χ0) is 17.0. The maximum absolute atomic E-state index is 12.9. The first-order valence-electron chi connectivity index (χ1n) is 7.53. The van der Waals surface area contributed by atoms with Gasteiger partial charge >= 0.3 is 0 Å². The smallest absolute Gasteiger partial charge is 0.246 e. The second-order valence-corrected chi connectivity index (χ2v) is 8.07. The minimum atomic E-state index is -3.67. The number of halogens is 1. The summed E-state index contributed by atoms with van der Waals surface area (Å²) in [7, 11) is -2.10. The lowest BCUT2D eigenvalue weighted by Crippen LogP contribution is -2.31. The number of nitrogens with zero attached hydrogens (tertiary/aromatic N) is 1. The number of rotatable bonds is 7. The number of ether oxygens (including phenoxy) is 2. The lowest BCUT2D eigenvalue weighted by atomic mass is 10.1. The topological polar surface area (TPSA) is 81.9 Å². The van der Waals surface area contributed by atoms with Gasteiger partial charge in [0.1, 0.15) is 16.7 Å². The summed E-state index contributed by atoms with van der Waals surface area (Å²) in [4.78, 5) is 0.0885. The number of methoxy groups -OCH3 is 1. The Morgan fingerprint density at radius 3 is 2.83 bits per heavy atom. The van der Waals surface area contributed by atoms with Crippen molar-refractivity contribution in [2.75, 3.05) is 33.4 Å². The van der Waals surface area contributed by atoms with Gasteiger partial charge in [-0.1, -0.05) is 11.6 Å². The molecule has 2 atom stereocenters. The molecule has 1 aliphatic heterocycles. The highest BCUT2D eigenvalue weighted by Crippen LogP contribution is 2.32. The summed E-state index contributed by atoms with van der Waals surface area (Å²) in [6.45, 7) is 3.55. The molecule has 0 aromatic heterocycles. The quantitative estimate of drug-likeness (QED) is 0.798. The first-order valence-corrected chi connectivity index (χ1v) is 9.35. The second-order valence-electron chi connectivity index (χ2n) is 5.73. The fraction of sp³-hybridized carbons (Fsp3) is 0.600. The van der Waals surface area contributed by atoms with Crippen LogP contribution < -0.4 is 10.5 Å². The lowest BCUT2D eigenvalue weighted by Gasteiger charge is -2.21. The zero-order valence-corrected chi connectivity index (χ0v) is 14.9. The molecule has 130 valence electrons. The zero-order valence-electron chi connectivity index (χ0n) is 13.4. The molecule has 1 aromatic carbocycles. The van der Waals surface area contributed by atoms with Gasteiger partial charge in [0.25, 0.3) is 0 Å². The van der Waals surface area contributed by atoms with Crippen LogP contribution in [0.2, 0.25) is 5.02 Å². The van der Waals surface area contributed by atoms with Crippen LogP contribution in [0.1, 0.15) is 13.3 Å². The Morgan fingerprint density at radius 1 is 1.48 bits per heavy atom. The van der Waals surface area contributed by atoms with Crippen LogP contribution >= 0.6 is 11.6 Å². The molecule has 1 heterocycles. The molecule has 0 saturated carbocycles. The maximum atomic E-state index is 12.9. The first-order chi connectivity index (χ1) is 10.9. The van der Waals surface area contributed by atoms with E-state index < -0.39 is 10.0 Å². The van der Waals surface area contributed by atoms with Crippen LogP contribution in [0.4, 0.5) is 0 Å². The molecule has 1 fully saturated rings. The monoisotopic (exact) mass is 362 g/mol. The van der Waals surface area contributed by atoms with E-state index in [4.69, 9.17) is 26.8 Å². The molecule has 1 aliphatic rings. The average Bonchev–Trinajstić information content (AvgIpc) is 2.99. The average molecular weight is 363 g/mol. The van der Waals surface area contributed by atoms with Crippen LogP contribution in [0.5, 0.6) is 5.75 Å². The highest BCUT2D eigenvalue weighted by molar-refractivity contribution is 7.89. The van der Waals surface area contributed by atoms with Gasteiger partial charge in [-0.05, 0) is 44.0 Å². The summed E-state index contributed by atoms with van der Waals surface area (Å²) in [5.41, 5.74) is 5.65. The third-order valence-electron chi connectivity index (χ3n) is 3.84. The molecular formula is C15H23ClN2O4S. The van der Waals surface area contributed by atoms with E-state index in [0.29, 0.717) is 31.3 Å². The molecule has 8 heteroatoms. The van der Waals surface area contributed by atoms with Gasteiger partial charge in [0.2, 0.25) is 10.0 Å². The van der Waals surface area contributed by atoms with Crippen molar-refractivity contribution in [1.29, 1.82) is 0 Å². The first kappa shape index (κ1) is 18.5. The minimum Gasteiger partial charge on any atom is -0.487 e. The van der Waals surface area contributed by atoms with Crippen molar-refractivity contribution in [3.05, 3.63) is 23.2 Å². The lowest BCUT2D eigenvalue weighted by molar-refractivity contribution is 0.0900. The van der Waals surface area contributed by atoms with Crippen molar-refractivity contribution < 1.29 is 17.9 Å². The third kappa shape index (κ3) is 4.36. The number of hydrogen-bond donors (Lipinski definition) is 1. The van der Waals surface area contributed by atoms with Crippen molar-refractivity contribution in [3.63, 3.8) is 0 Å². The molecule has 0 amide bonds. The van der Waals surface area contributed by atoms with Gasteiger partial charge in [-0.15, -0.1) is 0 Å². The van der Waals surface area contributed by atoms with E-state index in [0.717, 1.165) is 6.42 Å². The predicted molar refractivity (Wildman–Crippen MR) is 89.3 cm³/mol. The van der Waals surface area contributed by atoms with Gasteiger partial charge in [0.05, 0.1) is 6.61 Å². The van der Waals surface area contributed by atoms with E-state index in [9.17, 15) is 8.42 Å². The SMILES string of the molecule is COCC(C)Oc1ccc(Cl)cc1S(=O)(=O)N1CCC(CN)C1. The van der Waals surface area contributed by atoms with E-state index in [-0.39, 0.29) is 22.7 Å². The normalized spacial score (nSPS) is 20.6. The van der Waals surface area contributed by atoms with Crippen molar-refractivity contribution in [1.82, 2.24) is 4.31 Å². The highest BCUT2D eigenvalue weighted by atomic mass is 35.5. The van der Waals surface area contributed by atoms with Gasteiger partial charge in [0.15, 0.2) is 0 Å². The van der Waals surface area contributed by atoms with E-state index in [1.165, 1.54) is 10.4 Å². The van der Waals surface area contributed by atoms with Gasteiger partial charge in [-0.25, -0.2) is 8.42 Å². The molecule has 0 aliphatic carbocycles. The fourth-order valence-corrected chi connectivity index (χ4v) is 4.53. The van der Waals surface area contributed by atoms with Gasteiger partial charge in [-0.2, -0.15) is 4.31 Å². The van der Waals surface area contributed by atoms with Crippen molar-refractivity contribution in [2.45, 2.75) is 24.3 Å². The van der Waals surface area contributed by atoms with Crippen LogP contribution in [0.3, 0.4) is 0 Å². The Bertz CT molecular complexity index is 638. The molecule has 6 nitrogen and oxygen atoms in total. The second kappa shape index (κ2) is 7.81. The summed E-state index contributed by atoms with van der Waals surface area (Å²) in [5, 5.41) is 0.352. The van der Waals surface area contributed by atoms with Crippen LogP contribution in [-0.2, 0) is 14.8 Å². The Morgan fingerprint density at radius 2 is 2.22 bits per heavy atom. The minimum absolute atomic E-state index is 0.0885. The number of benzene rings is 1. The molecule has 2 N–H and O–H groups in total. The summed E-state index contributed by atoms with van der Waals surface area (Å²) >= 11 is 6.00. The van der Waals surface area contributed by atoms with E-state index in [2.05, 4.69) is 0 Å². The molecule has 2 rings (SSSR count). The van der Waals surface area contributed by atoms with Gasteiger partial charge in [0, 0.05) is 25.2 Å². The van der Waals surface area contributed by atoms with Crippen molar-refractivity contribution in [3.8, 4) is 5.75 Å². The fourth-order valence-electron chi connectivity index (χ4n) is 2.61. The van der Waals surface area contributed by atoms with Crippen LogP contribution in [0.25, 0.3) is 0 Å². The molecule has 0 bridgehead atoms. The Kier molecular flexibility index (Phi) is 6.27. The standard InChI is InChI=1S/C15H23ClN2O4S/c1-11(10-21-2)22-14-4-3-13(16)7-15(14)23(19,20)18-6-5-12(8-17)9-18/h3-4,7,11-12H,5-6,8-10,17H2,1-2H3. The van der Waals surface area contributed by atoms with E-state index in [1.54, 1.807) is 19.2 Å². The molecule has 1 aromatic rings. The van der Waals surface area contributed by atoms with Crippen molar-refractivity contribution in [2.24, 2.45) is 11.7 Å². The van der Waals surface area contributed by atoms with Crippen LogP contribution in [0.15, 0.2) is 23.1 Å². The highest BCUT2D eigenvalue weighted by Gasteiger charge is 2.34. The van der Waals surface area contributed by atoms with Crippen molar-refractivity contribution >= 4 is 21.6 Å². The maximum Gasteiger partial charge on any atom is 0.246 e. The number of hydrogen-bond acceptors (Lipinski definition) is 5. The molecule has 0 spiro atoms. The van der Waals surface area contributed by atoms with E-state index >= 15 is 0 Å². The Labute approximate surface area is 142 Å².